The standard InChI is InChI=1S/C15H20N4O2/c1-3-19-10-13(16)14(18-19)15(20)17-7-8-21-12-6-4-5-11(2)9-12/h4-6,9-10H,3,7-8,16H2,1-2H3,(H,17,20). The van der Waals surface area contributed by atoms with Crippen molar-refractivity contribution < 1.29 is 9.53 Å². The molecule has 0 unspecified atom stereocenters. The van der Waals surface area contributed by atoms with Crippen LogP contribution in [0.2, 0.25) is 0 Å². The number of anilines is 1. The molecule has 0 radical (unpaired) electrons. The summed E-state index contributed by atoms with van der Waals surface area (Å²) >= 11 is 0. The number of aromatic nitrogens is 2. The third-order valence-corrected chi connectivity index (χ3v) is 2.97. The first-order valence-corrected chi connectivity index (χ1v) is 6.90. The van der Waals surface area contributed by atoms with Gasteiger partial charge in [0.1, 0.15) is 12.4 Å². The molecule has 2 aromatic rings. The molecule has 0 saturated carbocycles. The number of carbonyl (C=O) groups is 1. The van der Waals surface area contributed by atoms with Gasteiger partial charge in [0.2, 0.25) is 0 Å². The second-order valence-electron chi connectivity index (χ2n) is 4.71. The van der Waals surface area contributed by atoms with Crippen molar-refractivity contribution in [2.75, 3.05) is 18.9 Å². The van der Waals surface area contributed by atoms with Crippen LogP contribution in [0.1, 0.15) is 23.0 Å². The minimum absolute atomic E-state index is 0.257. The van der Waals surface area contributed by atoms with E-state index in [-0.39, 0.29) is 11.6 Å². The lowest BCUT2D eigenvalue weighted by Crippen LogP contribution is -2.29. The first kappa shape index (κ1) is 14.9. The summed E-state index contributed by atoms with van der Waals surface area (Å²) in [4.78, 5) is 11.9. The highest BCUT2D eigenvalue weighted by Gasteiger charge is 2.13. The molecular weight excluding hydrogens is 268 g/mol. The van der Waals surface area contributed by atoms with Crippen molar-refractivity contribution in [1.29, 1.82) is 0 Å². The van der Waals surface area contributed by atoms with Crippen LogP contribution in [0.3, 0.4) is 0 Å². The van der Waals surface area contributed by atoms with Gasteiger partial charge >= 0.3 is 0 Å². The molecule has 1 aromatic carbocycles. The predicted octanol–water partition coefficient (Wildman–Crippen LogP) is 1.60. The van der Waals surface area contributed by atoms with E-state index in [0.29, 0.717) is 25.4 Å². The van der Waals surface area contributed by atoms with Crippen molar-refractivity contribution in [3.63, 3.8) is 0 Å². The Labute approximate surface area is 123 Å². The van der Waals surface area contributed by atoms with Gasteiger partial charge in [0, 0.05) is 12.7 Å². The van der Waals surface area contributed by atoms with E-state index < -0.39 is 0 Å². The number of hydrogen-bond acceptors (Lipinski definition) is 4. The molecule has 2 rings (SSSR count). The van der Waals surface area contributed by atoms with E-state index in [1.807, 2.05) is 38.1 Å². The summed E-state index contributed by atoms with van der Waals surface area (Å²) in [6.45, 7) is 5.40. The Hall–Kier alpha value is -2.50. The molecule has 112 valence electrons. The number of nitrogens with one attached hydrogen (secondary N) is 1. The molecule has 6 nitrogen and oxygen atoms in total. The van der Waals surface area contributed by atoms with Crippen molar-refractivity contribution >= 4 is 11.6 Å². The van der Waals surface area contributed by atoms with Gasteiger partial charge < -0.3 is 15.8 Å². The van der Waals surface area contributed by atoms with E-state index in [1.165, 1.54) is 0 Å². The lowest BCUT2D eigenvalue weighted by molar-refractivity contribution is 0.0942. The molecule has 6 heteroatoms. The van der Waals surface area contributed by atoms with Crippen molar-refractivity contribution in [3.05, 3.63) is 41.7 Å². The Morgan fingerprint density at radius 1 is 1.48 bits per heavy atom. The average Bonchev–Trinajstić information content (AvgIpc) is 2.85. The van der Waals surface area contributed by atoms with Crippen LogP contribution in [0, 0.1) is 6.92 Å². The van der Waals surface area contributed by atoms with E-state index >= 15 is 0 Å². The van der Waals surface area contributed by atoms with E-state index in [4.69, 9.17) is 10.5 Å². The molecule has 0 saturated heterocycles. The lowest BCUT2D eigenvalue weighted by Gasteiger charge is -2.07. The summed E-state index contributed by atoms with van der Waals surface area (Å²) in [7, 11) is 0. The summed E-state index contributed by atoms with van der Waals surface area (Å²) < 4.78 is 7.19. The quantitative estimate of drug-likeness (QED) is 0.791. The molecule has 0 spiro atoms. The maximum absolute atomic E-state index is 11.9. The number of amides is 1. The molecule has 21 heavy (non-hydrogen) atoms. The molecule has 0 aliphatic rings. The molecular formula is C15H20N4O2. The van der Waals surface area contributed by atoms with Gasteiger partial charge in [-0.25, -0.2) is 0 Å². The maximum atomic E-state index is 11.9. The fraction of sp³-hybridized carbons (Fsp3) is 0.333. The SMILES string of the molecule is CCn1cc(N)c(C(=O)NCCOc2cccc(C)c2)n1. The molecule has 3 N–H and O–H groups in total. The molecule has 1 aromatic heterocycles. The van der Waals surface area contributed by atoms with E-state index in [0.717, 1.165) is 11.3 Å². The number of nitrogen functional groups attached to an aromatic ring is 1. The summed E-state index contributed by atoms with van der Waals surface area (Å²) in [5.74, 6) is 0.506. The summed E-state index contributed by atoms with van der Waals surface area (Å²) in [6.07, 6.45) is 1.65. The van der Waals surface area contributed by atoms with Gasteiger partial charge in [-0.15, -0.1) is 0 Å². The van der Waals surface area contributed by atoms with E-state index in [9.17, 15) is 4.79 Å². The van der Waals surface area contributed by atoms with E-state index in [1.54, 1.807) is 10.9 Å². The van der Waals surface area contributed by atoms with Gasteiger partial charge in [-0.05, 0) is 31.5 Å². The first-order valence-electron chi connectivity index (χ1n) is 6.90. The summed E-state index contributed by atoms with van der Waals surface area (Å²) in [5, 5.41) is 6.86. The van der Waals surface area contributed by atoms with Crippen LogP contribution in [-0.2, 0) is 6.54 Å². The number of nitrogens with zero attached hydrogens (tertiary/aromatic N) is 2. The summed E-state index contributed by atoms with van der Waals surface area (Å²) in [5.41, 5.74) is 7.53. The number of ether oxygens (including phenoxy) is 1. The minimum Gasteiger partial charge on any atom is -0.492 e. The van der Waals surface area contributed by atoms with Crippen LogP contribution in [0.5, 0.6) is 5.75 Å². The lowest BCUT2D eigenvalue weighted by atomic mass is 10.2. The van der Waals surface area contributed by atoms with Gasteiger partial charge in [-0.1, -0.05) is 12.1 Å². The smallest absolute Gasteiger partial charge is 0.274 e. The molecule has 1 amide bonds. The predicted molar refractivity (Wildman–Crippen MR) is 81.3 cm³/mol. The number of benzene rings is 1. The van der Waals surface area contributed by atoms with Gasteiger partial charge in [-0.2, -0.15) is 5.10 Å². The zero-order valence-electron chi connectivity index (χ0n) is 12.3. The fourth-order valence-electron chi connectivity index (χ4n) is 1.90. The molecule has 0 atom stereocenters. The Morgan fingerprint density at radius 3 is 2.95 bits per heavy atom. The Bertz CT molecular complexity index is 622. The Balaban J connectivity index is 1.80. The molecule has 0 aliphatic heterocycles. The maximum Gasteiger partial charge on any atom is 0.274 e. The molecule has 0 fully saturated rings. The largest absolute Gasteiger partial charge is 0.492 e. The number of hydrogen-bond donors (Lipinski definition) is 2. The average molecular weight is 288 g/mol. The van der Waals surface area contributed by atoms with Crippen molar-refractivity contribution in [3.8, 4) is 5.75 Å². The minimum atomic E-state index is -0.285. The highest BCUT2D eigenvalue weighted by atomic mass is 16.5. The van der Waals surface area contributed by atoms with Crippen LogP contribution in [-0.4, -0.2) is 28.8 Å². The van der Waals surface area contributed by atoms with Crippen molar-refractivity contribution in [2.45, 2.75) is 20.4 Å². The second kappa shape index (κ2) is 6.78. The van der Waals surface area contributed by atoms with Crippen molar-refractivity contribution in [1.82, 2.24) is 15.1 Å². The van der Waals surface area contributed by atoms with Crippen molar-refractivity contribution in [2.24, 2.45) is 0 Å². The normalized spacial score (nSPS) is 10.4. The zero-order valence-corrected chi connectivity index (χ0v) is 12.3. The number of nitrogens with two attached hydrogens (primary N) is 1. The third-order valence-electron chi connectivity index (χ3n) is 2.97. The number of rotatable bonds is 6. The highest BCUT2D eigenvalue weighted by Crippen LogP contribution is 2.12. The second-order valence-corrected chi connectivity index (χ2v) is 4.71. The Morgan fingerprint density at radius 2 is 2.29 bits per heavy atom. The van der Waals surface area contributed by atoms with Crippen LogP contribution in [0.4, 0.5) is 5.69 Å². The first-order chi connectivity index (χ1) is 10.1. The summed E-state index contributed by atoms with van der Waals surface area (Å²) in [6, 6.07) is 7.77. The van der Waals surface area contributed by atoms with Crippen LogP contribution in [0.15, 0.2) is 30.5 Å². The molecule has 0 bridgehead atoms. The van der Waals surface area contributed by atoms with Crippen LogP contribution in [0.25, 0.3) is 0 Å². The third kappa shape index (κ3) is 3.98. The topological polar surface area (TPSA) is 82.2 Å². The monoisotopic (exact) mass is 288 g/mol. The molecule has 0 aliphatic carbocycles. The van der Waals surface area contributed by atoms with Gasteiger partial charge in [0.25, 0.3) is 5.91 Å². The Kier molecular flexibility index (Phi) is 4.81. The fourth-order valence-corrected chi connectivity index (χ4v) is 1.90. The van der Waals surface area contributed by atoms with Crippen LogP contribution < -0.4 is 15.8 Å². The highest BCUT2D eigenvalue weighted by molar-refractivity contribution is 5.96. The van der Waals surface area contributed by atoms with Gasteiger partial charge in [-0.3, -0.25) is 9.48 Å². The van der Waals surface area contributed by atoms with Gasteiger partial charge in [0.15, 0.2) is 5.69 Å². The number of aryl methyl sites for hydroxylation is 2. The number of carbonyl (C=O) groups excluding carboxylic acids is 1. The molecule has 1 heterocycles. The van der Waals surface area contributed by atoms with Crippen LogP contribution >= 0.6 is 0 Å². The van der Waals surface area contributed by atoms with E-state index in [2.05, 4.69) is 10.4 Å². The zero-order chi connectivity index (χ0) is 15.2. The van der Waals surface area contributed by atoms with Gasteiger partial charge in [0.05, 0.1) is 12.2 Å².